The van der Waals surface area contributed by atoms with Crippen molar-refractivity contribution in [2.75, 3.05) is 6.61 Å². The third-order valence-electron chi connectivity index (χ3n) is 2.51. The molecule has 1 aliphatic rings. The summed E-state index contributed by atoms with van der Waals surface area (Å²) in [5.74, 6) is 5.48. The van der Waals surface area contributed by atoms with Crippen LogP contribution in [-0.2, 0) is 4.74 Å². The van der Waals surface area contributed by atoms with Crippen LogP contribution in [0, 0.1) is 0 Å². The summed E-state index contributed by atoms with van der Waals surface area (Å²) in [7, 11) is 0. The number of nitrogens with two attached hydrogens (primary N) is 1. The number of ether oxygens (including phenoxy) is 1. The summed E-state index contributed by atoms with van der Waals surface area (Å²) in [4.78, 5) is 0. The number of nitrogens with one attached hydrogen (secondary N) is 1. The van der Waals surface area contributed by atoms with Gasteiger partial charge in [0.15, 0.2) is 0 Å². The number of allylic oxidation sites excluding steroid dienone is 1. The van der Waals surface area contributed by atoms with Crippen LogP contribution in [0.1, 0.15) is 32.6 Å². The van der Waals surface area contributed by atoms with Crippen molar-refractivity contribution in [1.29, 1.82) is 0 Å². The molecule has 13 heavy (non-hydrogen) atoms. The lowest BCUT2D eigenvalue weighted by molar-refractivity contribution is 0.0757. The van der Waals surface area contributed by atoms with Gasteiger partial charge in [0.05, 0.1) is 6.10 Å². The minimum atomic E-state index is 0.291. The lowest BCUT2D eigenvalue weighted by Crippen LogP contribution is -2.43. The number of rotatable bonds is 5. The van der Waals surface area contributed by atoms with E-state index < -0.39 is 0 Å². The van der Waals surface area contributed by atoms with Gasteiger partial charge in [-0.05, 0) is 32.6 Å². The second-order valence-corrected chi connectivity index (χ2v) is 3.82. The van der Waals surface area contributed by atoms with E-state index in [-0.39, 0.29) is 0 Å². The van der Waals surface area contributed by atoms with E-state index in [1.807, 2.05) is 6.92 Å². The van der Waals surface area contributed by atoms with Gasteiger partial charge in [-0.25, -0.2) is 0 Å². The van der Waals surface area contributed by atoms with Crippen LogP contribution in [0.2, 0.25) is 0 Å². The lowest BCUT2D eigenvalue weighted by atomic mass is 10.0. The molecule has 0 saturated carbocycles. The molecule has 2 unspecified atom stereocenters. The molecule has 1 rings (SSSR count). The first-order valence-electron chi connectivity index (χ1n) is 4.96. The minimum Gasteiger partial charge on any atom is -0.377 e. The Kier molecular flexibility index (Phi) is 4.42. The Labute approximate surface area is 80.3 Å². The number of hydrogen-bond acceptors (Lipinski definition) is 3. The topological polar surface area (TPSA) is 47.3 Å². The van der Waals surface area contributed by atoms with Crippen LogP contribution in [0.5, 0.6) is 0 Å². The molecule has 3 nitrogen and oxygen atoms in total. The Balaban J connectivity index is 2.28. The molecule has 0 aromatic carbocycles. The largest absolute Gasteiger partial charge is 0.377 e. The fourth-order valence-corrected chi connectivity index (χ4v) is 1.70. The average Bonchev–Trinajstić information content (AvgIpc) is 2.58. The normalized spacial score (nSPS) is 24.6. The second kappa shape index (κ2) is 5.37. The van der Waals surface area contributed by atoms with E-state index in [0.29, 0.717) is 12.1 Å². The van der Waals surface area contributed by atoms with Gasteiger partial charge in [0.2, 0.25) is 0 Å². The maximum Gasteiger partial charge on any atom is 0.0742 e. The van der Waals surface area contributed by atoms with Crippen LogP contribution in [0.3, 0.4) is 0 Å². The van der Waals surface area contributed by atoms with Gasteiger partial charge in [-0.2, -0.15) is 0 Å². The summed E-state index contributed by atoms with van der Waals surface area (Å²) in [6.45, 7) is 6.81. The molecule has 3 heteroatoms. The van der Waals surface area contributed by atoms with Crippen molar-refractivity contribution in [2.45, 2.75) is 44.8 Å². The van der Waals surface area contributed by atoms with Crippen molar-refractivity contribution in [1.82, 2.24) is 5.43 Å². The van der Waals surface area contributed by atoms with E-state index in [1.165, 1.54) is 5.57 Å². The zero-order chi connectivity index (χ0) is 9.68. The van der Waals surface area contributed by atoms with E-state index in [0.717, 1.165) is 32.3 Å². The van der Waals surface area contributed by atoms with E-state index in [9.17, 15) is 0 Å². The predicted octanol–water partition coefficient (Wildman–Crippen LogP) is 1.35. The zero-order valence-corrected chi connectivity index (χ0v) is 8.38. The first-order chi connectivity index (χ1) is 6.24. The van der Waals surface area contributed by atoms with Crippen LogP contribution in [0.4, 0.5) is 0 Å². The molecule has 1 aliphatic heterocycles. The molecule has 0 spiro atoms. The molecule has 2 atom stereocenters. The van der Waals surface area contributed by atoms with Gasteiger partial charge in [0.1, 0.15) is 0 Å². The quantitative estimate of drug-likeness (QED) is 0.385. The summed E-state index contributed by atoms with van der Waals surface area (Å²) in [5.41, 5.74) is 4.04. The summed E-state index contributed by atoms with van der Waals surface area (Å²) >= 11 is 0. The highest BCUT2D eigenvalue weighted by Crippen LogP contribution is 2.19. The maximum absolute atomic E-state index is 5.57. The van der Waals surface area contributed by atoms with Crippen LogP contribution in [-0.4, -0.2) is 18.8 Å². The average molecular weight is 184 g/mol. The van der Waals surface area contributed by atoms with Crippen molar-refractivity contribution in [3.05, 3.63) is 12.2 Å². The van der Waals surface area contributed by atoms with Crippen LogP contribution in [0.15, 0.2) is 12.2 Å². The maximum atomic E-state index is 5.57. The highest BCUT2D eigenvalue weighted by Gasteiger charge is 2.24. The van der Waals surface area contributed by atoms with Gasteiger partial charge < -0.3 is 4.74 Å². The molecule has 76 valence electrons. The highest BCUT2D eigenvalue weighted by molar-refractivity contribution is 4.91. The Morgan fingerprint density at radius 1 is 1.77 bits per heavy atom. The molecule has 0 amide bonds. The molecule has 0 aromatic heterocycles. The fourth-order valence-electron chi connectivity index (χ4n) is 1.70. The number of hydrogen-bond donors (Lipinski definition) is 2. The minimum absolute atomic E-state index is 0.291. The SMILES string of the molecule is C=C(C)CCC(NN)C1CCCO1. The van der Waals surface area contributed by atoms with Crippen molar-refractivity contribution in [3.8, 4) is 0 Å². The summed E-state index contributed by atoms with van der Waals surface area (Å²) in [6.07, 6.45) is 4.65. The Hall–Kier alpha value is -0.380. The van der Waals surface area contributed by atoms with Crippen molar-refractivity contribution < 1.29 is 4.74 Å². The summed E-state index contributed by atoms with van der Waals surface area (Å²) in [6, 6.07) is 0.291. The van der Waals surface area contributed by atoms with Gasteiger partial charge in [0, 0.05) is 12.6 Å². The molecule has 3 N–H and O–H groups in total. The molecule has 0 aliphatic carbocycles. The van der Waals surface area contributed by atoms with E-state index in [2.05, 4.69) is 12.0 Å². The molecule has 0 radical (unpaired) electrons. The lowest BCUT2D eigenvalue weighted by Gasteiger charge is -2.21. The Morgan fingerprint density at radius 3 is 3.00 bits per heavy atom. The first kappa shape index (κ1) is 10.7. The molecule has 1 saturated heterocycles. The zero-order valence-electron chi connectivity index (χ0n) is 8.38. The van der Waals surface area contributed by atoms with Crippen LogP contribution >= 0.6 is 0 Å². The highest BCUT2D eigenvalue weighted by atomic mass is 16.5. The Bertz CT molecular complexity index is 164. The van der Waals surface area contributed by atoms with Gasteiger partial charge in [-0.3, -0.25) is 11.3 Å². The molecular formula is C10H20N2O. The van der Waals surface area contributed by atoms with E-state index >= 15 is 0 Å². The summed E-state index contributed by atoms with van der Waals surface area (Å²) in [5, 5.41) is 0. The van der Waals surface area contributed by atoms with E-state index in [4.69, 9.17) is 10.6 Å². The first-order valence-corrected chi connectivity index (χ1v) is 4.96. The second-order valence-electron chi connectivity index (χ2n) is 3.82. The number of hydrazine groups is 1. The van der Waals surface area contributed by atoms with Gasteiger partial charge in [-0.1, -0.05) is 5.57 Å². The fraction of sp³-hybridized carbons (Fsp3) is 0.800. The van der Waals surface area contributed by atoms with Crippen molar-refractivity contribution in [3.63, 3.8) is 0 Å². The smallest absolute Gasteiger partial charge is 0.0742 e. The predicted molar refractivity (Wildman–Crippen MR) is 54.1 cm³/mol. The van der Waals surface area contributed by atoms with Crippen LogP contribution < -0.4 is 11.3 Å². The van der Waals surface area contributed by atoms with Gasteiger partial charge in [0.25, 0.3) is 0 Å². The summed E-state index contributed by atoms with van der Waals surface area (Å²) < 4.78 is 5.57. The van der Waals surface area contributed by atoms with Crippen LogP contribution in [0.25, 0.3) is 0 Å². The van der Waals surface area contributed by atoms with Crippen molar-refractivity contribution >= 4 is 0 Å². The van der Waals surface area contributed by atoms with Crippen molar-refractivity contribution in [2.24, 2.45) is 5.84 Å². The van der Waals surface area contributed by atoms with E-state index in [1.54, 1.807) is 0 Å². The molecular weight excluding hydrogens is 164 g/mol. The third kappa shape index (κ3) is 3.46. The molecule has 0 bridgehead atoms. The third-order valence-corrected chi connectivity index (χ3v) is 2.51. The molecule has 0 aromatic rings. The molecule has 1 fully saturated rings. The molecule has 1 heterocycles. The Morgan fingerprint density at radius 2 is 2.54 bits per heavy atom. The monoisotopic (exact) mass is 184 g/mol. The van der Waals surface area contributed by atoms with Gasteiger partial charge in [-0.15, -0.1) is 6.58 Å². The van der Waals surface area contributed by atoms with Gasteiger partial charge >= 0.3 is 0 Å². The standard InChI is InChI=1S/C10H20N2O/c1-8(2)5-6-9(12-11)10-4-3-7-13-10/h9-10,12H,1,3-7,11H2,2H3.